The van der Waals surface area contributed by atoms with Gasteiger partial charge < -0.3 is 14.7 Å². The fraction of sp³-hybridized carbons (Fsp3) is 0.667. The van der Waals surface area contributed by atoms with Gasteiger partial charge in [-0.1, -0.05) is 6.07 Å². The number of hydrogen-bond acceptors (Lipinski definition) is 5. The third-order valence-electron chi connectivity index (χ3n) is 5.46. The third-order valence-corrected chi connectivity index (χ3v) is 7.48. The lowest BCUT2D eigenvalue weighted by Gasteiger charge is -2.33. The Hall–Kier alpha value is -1.31. The molecule has 1 aliphatic carbocycles. The van der Waals surface area contributed by atoms with Crippen molar-refractivity contribution in [3.05, 3.63) is 18.2 Å². The van der Waals surface area contributed by atoms with Crippen LogP contribution in [-0.4, -0.2) is 55.7 Å². The van der Waals surface area contributed by atoms with Crippen molar-refractivity contribution >= 4 is 15.7 Å². The van der Waals surface area contributed by atoms with Gasteiger partial charge in [-0.2, -0.15) is 4.31 Å². The van der Waals surface area contributed by atoms with E-state index in [1.807, 2.05) is 24.0 Å². The molecular formula is C18H26N2O4S. The smallest absolute Gasteiger partial charge is 0.249 e. The number of benzene rings is 1. The van der Waals surface area contributed by atoms with E-state index >= 15 is 0 Å². The maximum absolute atomic E-state index is 13.5. The van der Waals surface area contributed by atoms with Crippen LogP contribution in [0, 0.1) is 0 Å². The van der Waals surface area contributed by atoms with Crippen LogP contribution in [0.3, 0.4) is 0 Å². The minimum atomic E-state index is -3.62. The van der Waals surface area contributed by atoms with Crippen molar-refractivity contribution < 1.29 is 18.3 Å². The molecule has 3 aliphatic rings. The molecule has 1 N–H and O–H groups in total. The molecule has 0 bridgehead atoms. The number of rotatable bonds is 3. The van der Waals surface area contributed by atoms with Crippen molar-refractivity contribution in [2.75, 3.05) is 24.6 Å². The standard InChI is InChI=1S/C18H26N2O4S/c1-13-9-11-20(14-7-8-14)25(22,23)18-16(5-2-6-17(18)24-13)19-10-3-4-15(19)12-21/h2,5-6,13-15,21H,3-4,7-12H2,1H3/t13-,15+/m1/s1. The van der Waals surface area contributed by atoms with Crippen LogP contribution in [0.1, 0.15) is 39.0 Å². The van der Waals surface area contributed by atoms with E-state index in [1.54, 1.807) is 10.4 Å². The number of nitrogens with zero attached hydrogens (tertiary/aromatic N) is 2. The molecule has 1 saturated heterocycles. The van der Waals surface area contributed by atoms with Gasteiger partial charge in [-0.15, -0.1) is 0 Å². The van der Waals surface area contributed by atoms with Gasteiger partial charge in [-0.25, -0.2) is 8.42 Å². The molecule has 4 rings (SSSR count). The van der Waals surface area contributed by atoms with Crippen LogP contribution < -0.4 is 9.64 Å². The molecule has 0 aromatic heterocycles. The van der Waals surface area contributed by atoms with E-state index in [0.29, 0.717) is 24.4 Å². The van der Waals surface area contributed by atoms with E-state index in [0.717, 1.165) is 32.2 Å². The van der Waals surface area contributed by atoms with Gasteiger partial charge in [-0.3, -0.25) is 0 Å². The van der Waals surface area contributed by atoms with Crippen LogP contribution in [0.25, 0.3) is 0 Å². The van der Waals surface area contributed by atoms with Crippen LogP contribution in [0.5, 0.6) is 5.75 Å². The number of fused-ring (bicyclic) bond motifs is 1. The zero-order chi connectivity index (χ0) is 17.6. The van der Waals surface area contributed by atoms with E-state index in [-0.39, 0.29) is 29.7 Å². The fourth-order valence-corrected chi connectivity index (χ4v) is 5.99. The van der Waals surface area contributed by atoms with Gasteiger partial charge in [0, 0.05) is 19.1 Å². The second kappa shape index (κ2) is 6.45. The maximum atomic E-state index is 13.5. The summed E-state index contributed by atoms with van der Waals surface area (Å²) < 4.78 is 34.7. The first-order valence-electron chi connectivity index (χ1n) is 9.21. The van der Waals surface area contributed by atoms with Crippen LogP contribution in [0.4, 0.5) is 5.69 Å². The summed E-state index contributed by atoms with van der Waals surface area (Å²) in [4.78, 5) is 2.32. The van der Waals surface area contributed by atoms with Crippen LogP contribution >= 0.6 is 0 Å². The van der Waals surface area contributed by atoms with Crippen molar-refractivity contribution in [2.45, 2.75) is 62.1 Å². The Balaban J connectivity index is 1.86. The highest BCUT2D eigenvalue weighted by molar-refractivity contribution is 7.89. The Kier molecular flexibility index (Phi) is 4.42. The SMILES string of the molecule is C[C@@H]1CCN(C2CC2)S(=O)(=O)c2c(cccc2N2CCC[C@H]2CO)O1. The molecule has 0 radical (unpaired) electrons. The number of hydrogen-bond donors (Lipinski definition) is 1. The van der Waals surface area contributed by atoms with Crippen molar-refractivity contribution in [1.29, 1.82) is 0 Å². The average Bonchev–Trinajstić information content (AvgIpc) is 3.28. The van der Waals surface area contributed by atoms with Gasteiger partial charge in [0.1, 0.15) is 10.6 Å². The van der Waals surface area contributed by atoms with Gasteiger partial charge in [-0.05, 0) is 51.2 Å². The molecule has 25 heavy (non-hydrogen) atoms. The first-order chi connectivity index (χ1) is 12.0. The summed E-state index contributed by atoms with van der Waals surface area (Å²) in [5.41, 5.74) is 0.675. The second-order valence-corrected chi connectivity index (χ2v) is 9.17. The molecule has 0 spiro atoms. The minimum Gasteiger partial charge on any atom is -0.489 e. The zero-order valence-corrected chi connectivity index (χ0v) is 15.4. The summed E-state index contributed by atoms with van der Waals surface area (Å²) in [6, 6.07) is 5.56. The fourth-order valence-electron chi connectivity index (χ4n) is 3.99. The summed E-state index contributed by atoms with van der Waals surface area (Å²) in [5.74, 6) is 0.443. The highest BCUT2D eigenvalue weighted by Gasteiger charge is 2.43. The molecule has 7 heteroatoms. The number of aliphatic hydroxyl groups excluding tert-OH is 1. The monoisotopic (exact) mass is 366 g/mol. The lowest BCUT2D eigenvalue weighted by atomic mass is 10.2. The predicted molar refractivity (Wildman–Crippen MR) is 95.5 cm³/mol. The quantitative estimate of drug-likeness (QED) is 0.886. The molecule has 138 valence electrons. The summed E-state index contributed by atoms with van der Waals surface area (Å²) >= 11 is 0. The first-order valence-corrected chi connectivity index (χ1v) is 10.7. The molecule has 2 aliphatic heterocycles. The summed E-state index contributed by atoms with van der Waals surface area (Å²) in [7, 11) is -3.62. The van der Waals surface area contributed by atoms with Gasteiger partial charge in [0.2, 0.25) is 10.0 Å². The molecule has 6 nitrogen and oxygen atoms in total. The number of anilines is 1. The van der Waals surface area contributed by atoms with Crippen molar-refractivity contribution in [2.24, 2.45) is 0 Å². The highest BCUT2D eigenvalue weighted by atomic mass is 32.2. The molecule has 0 unspecified atom stereocenters. The number of ether oxygens (including phenoxy) is 1. The third kappa shape index (κ3) is 3.02. The van der Waals surface area contributed by atoms with E-state index in [4.69, 9.17) is 4.74 Å². The summed E-state index contributed by atoms with van der Waals surface area (Å²) in [5, 5.41) is 9.69. The Morgan fingerprint density at radius 1 is 1.20 bits per heavy atom. The van der Waals surface area contributed by atoms with Crippen LogP contribution in [0.15, 0.2) is 23.1 Å². The predicted octanol–water partition coefficient (Wildman–Crippen LogP) is 1.97. The molecule has 2 heterocycles. The Bertz CT molecular complexity index is 747. The van der Waals surface area contributed by atoms with Gasteiger partial charge in [0.25, 0.3) is 0 Å². The van der Waals surface area contributed by atoms with Gasteiger partial charge in [0.15, 0.2) is 0 Å². The Morgan fingerprint density at radius 2 is 2.00 bits per heavy atom. The average molecular weight is 366 g/mol. The second-order valence-electron chi connectivity index (χ2n) is 7.34. The highest BCUT2D eigenvalue weighted by Crippen LogP contribution is 2.43. The van der Waals surface area contributed by atoms with E-state index < -0.39 is 10.0 Å². The minimum absolute atomic E-state index is 0.0288. The largest absolute Gasteiger partial charge is 0.489 e. The molecular weight excluding hydrogens is 340 g/mol. The van der Waals surface area contributed by atoms with Crippen LogP contribution in [-0.2, 0) is 10.0 Å². The lowest BCUT2D eigenvalue weighted by molar-refractivity contribution is 0.186. The normalized spacial score (nSPS) is 29.6. The molecule has 1 saturated carbocycles. The molecule has 1 aromatic rings. The maximum Gasteiger partial charge on any atom is 0.249 e. The van der Waals surface area contributed by atoms with E-state index in [2.05, 4.69) is 0 Å². The van der Waals surface area contributed by atoms with Crippen molar-refractivity contribution in [3.63, 3.8) is 0 Å². The topological polar surface area (TPSA) is 70.1 Å². The molecule has 2 fully saturated rings. The summed E-state index contributed by atoms with van der Waals surface area (Å²) in [6.45, 7) is 3.29. The van der Waals surface area contributed by atoms with E-state index in [1.165, 1.54) is 0 Å². The first kappa shape index (κ1) is 17.1. The number of sulfonamides is 1. The molecule has 2 atom stereocenters. The molecule has 0 amide bonds. The van der Waals surface area contributed by atoms with E-state index in [9.17, 15) is 13.5 Å². The Labute approximate surface area is 149 Å². The summed E-state index contributed by atoms with van der Waals surface area (Å²) in [6.07, 6.45) is 4.38. The zero-order valence-electron chi connectivity index (χ0n) is 14.6. The van der Waals surface area contributed by atoms with Crippen molar-refractivity contribution in [3.8, 4) is 5.75 Å². The lowest BCUT2D eigenvalue weighted by Crippen LogP contribution is -2.40. The molecule has 1 aromatic carbocycles. The van der Waals surface area contributed by atoms with Crippen molar-refractivity contribution in [1.82, 2.24) is 4.31 Å². The van der Waals surface area contributed by atoms with Crippen LogP contribution in [0.2, 0.25) is 0 Å². The number of aliphatic hydroxyl groups is 1. The Morgan fingerprint density at radius 3 is 2.72 bits per heavy atom. The van der Waals surface area contributed by atoms with Gasteiger partial charge >= 0.3 is 0 Å². The van der Waals surface area contributed by atoms with Gasteiger partial charge in [0.05, 0.1) is 24.4 Å².